The maximum Gasteiger partial charge on any atom is 4.00 e. The third-order valence-electron chi connectivity index (χ3n) is 0.530. The Morgan fingerprint density at radius 1 is 0.769 bits per heavy atom. The first kappa shape index (κ1) is 60.6. The molecule has 0 heterocycles. The Labute approximate surface area is 227 Å². The fourth-order valence-electron chi connectivity index (χ4n) is 0.177. The van der Waals surface area contributed by atoms with Gasteiger partial charge in [-0.25, -0.2) is 0 Å². The molecule has 0 rings (SSSR count). The van der Waals surface area contributed by atoms with E-state index < -0.39 is 0 Å². The summed E-state index contributed by atoms with van der Waals surface area (Å²) >= 11 is 2.21. The van der Waals surface area contributed by atoms with E-state index in [1.807, 2.05) is 0 Å². The van der Waals surface area contributed by atoms with Gasteiger partial charge in [0.25, 0.3) is 0 Å². The molecule has 0 unspecified atom stereocenters. The van der Waals surface area contributed by atoms with E-state index in [4.69, 9.17) is 0 Å². The predicted molar refractivity (Wildman–Crippen MR) is 31.2 cm³/mol. The second-order valence-corrected chi connectivity index (χ2v) is 2.15. The predicted octanol–water partition coefficient (Wildman–Crippen LogP) is -20.0. The van der Waals surface area contributed by atoms with Gasteiger partial charge in [0.15, 0.2) is 0 Å². The summed E-state index contributed by atoms with van der Waals surface area (Å²) in [6.07, 6.45) is 2.73. The van der Waals surface area contributed by atoms with Crippen LogP contribution in [0.25, 0.3) is 0 Å². The van der Waals surface area contributed by atoms with Crippen LogP contribution in [0.2, 0.25) is 5.25 Å². The molecule has 0 aromatic rings. The van der Waals surface area contributed by atoms with E-state index >= 15 is 0 Å². The largest absolute Gasteiger partial charge is 4.00 e. The molecule has 0 nitrogen and oxygen atoms in total. The number of unbranched alkanes of at least 4 members (excludes halogenated alkanes) is 1. The number of hydrogen-bond acceptors (Lipinski definition) is 0. The van der Waals surface area contributed by atoms with Crippen molar-refractivity contribution in [2.45, 2.75) is 25.0 Å². The van der Waals surface area contributed by atoms with E-state index in [2.05, 4.69) is 23.4 Å². The van der Waals surface area contributed by atoms with E-state index in [9.17, 15) is 0 Å². The van der Waals surface area contributed by atoms with Gasteiger partial charge in [0.05, 0.1) is 0 Å². The molecule has 9 heteroatoms. The van der Waals surface area contributed by atoms with Crippen molar-refractivity contribution in [3.63, 3.8) is 0 Å². The average Bonchev–Trinajstić information content (AvgIpc) is 1.41. The van der Waals surface area contributed by atoms with Crippen molar-refractivity contribution in [3.05, 3.63) is 0 Å². The third kappa shape index (κ3) is 69.9. The molecule has 0 aromatic carbocycles. The van der Waals surface area contributed by atoms with Crippen LogP contribution in [-0.4, -0.2) is 40.4 Å². The second kappa shape index (κ2) is 62.9. The zero-order chi connectivity index (χ0) is 4.12. The van der Waals surface area contributed by atoms with Crippen molar-refractivity contribution >= 4 is 40.4 Å². The van der Waals surface area contributed by atoms with Gasteiger partial charge in [-0.1, -0.05) is 0 Å². The van der Waals surface area contributed by atoms with E-state index in [1.54, 1.807) is 0 Å². The molecule has 0 spiro atoms. The average molecular weight is 1140 g/mol. The van der Waals surface area contributed by atoms with Crippen LogP contribution < -0.4 is 168 Å². The van der Waals surface area contributed by atoms with Gasteiger partial charge in [-0.3, -0.25) is 0 Å². The molecule has 0 N–H and O–H groups in total. The minimum absolute atomic E-state index is 0. The molecule has 0 aromatic heterocycles. The molecular weight excluding hydrogens is 1130 g/mol. The third-order valence-corrected chi connectivity index (χ3v) is 1.27. The maximum absolute atomic E-state index is 2.21. The smallest absolute Gasteiger partial charge is 1.00 e. The molecule has 0 saturated carbocycles. The number of rotatable bonds is 2. The minimum Gasteiger partial charge on any atom is -1.00 e. The normalized spacial score (nSPS) is 3.31. The van der Waals surface area contributed by atoms with Crippen molar-refractivity contribution in [2.24, 2.45) is 0 Å². The Morgan fingerprint density at radius 2 is 1.00 bits per heavy atom. The van der Waals surface area contributed by atoms with Crippen molar-refractivity contribution < 1.29 is 168 Å². The zero-order valence-electron chi connectivity index (χ0n) is 6.77. The van der Waals surface area contributed by atoms with E-state index in [0.717, 1.165) is 0 Å². The summed E-state index contributed by atoms with van der Waals surface area (Å²) in [5.41, 5.74) is 0. The van der Waals surface area contributed by atoms with Crippen molar-refractivity contribution in [3.8, 4) is 0 Å². The summed E-state index contributed by atoms with van der Waals surface area (Å²) in [6.45, 7) is 2.21. The molecule has 0 bridgehead atoms. The number of halogens is 7. The fourth-order valence-corrected chi connectivity index (χ4v) is 0.919. The van der Waals surface area contributed by atoms with Crippen LogP contribution in [0.1, 0.15) is 19.8 Å². The summed E-state index contributed by atoms with van der Waals surface area (Å²) in [5.74, 6) is 0. The summed E-state index contributed by atoms with van der Waals surface area (Å²) in [6, 6.07) is 0. The Bertz CT molecular complexity index is 28.0. The zero-order valence-corrected chi connectivity index (χ0v) is 26.8. The van der Waals surface area contributed by atoms with Gasteiger partial charge in [-0.05, 0) is 0 Å². The Hall–Kier alpha value is 6.45. The Kier molecular flexibility index (Phi) is 293. The SMILES string of the molecule is CCC[CH2][Ge+3].[I-].[I-].[I-].[I-].[I-].[I-].[I-].[Sn+4]. The molecule has 0 aliphatic carbocycles. The molecule has 0 aliphatic heterocycles. The van der Waals surface area contributed by atoms with E-state index in [-0.39, 0.29) is 192 Å². The summed E-state index contributed by atoms with van der Waals surface area (Å²) in [5, 5.41) is 1.34. The van der Waals surface area contributed by atoms with Crippen LogP contribution in [-0.2, 0) is 0 Å². The fraction of sp³-hybridized carbons (Fsp3) is 1.00. The van der Waals surface area contributed by atoms with Gasteiger partial charge in [-0.2, -0.15) is 0 Å². The summed E-state index contributed by atoms with van der Waals surface area (Å²) in [4.78, 5) is 0. The van der Waals surface area contributed by atoms with E-state index in [0.29, 0.717) is 0 Å². The van der Waals surface area contributed by atoms with Crippen molar-refractivity contribution in [1.29, 1.82) is 0 Å². The Balaban J connectivity index is -0.00000000286. The van der Waals surface area contributed by atoms with Gasteiger partial charge >= 0.3 is 65.4 Å². The number of hydrogen-bond donors (Lipinski definition) is 0. The summed E-state index contributed by atoms with van der Waals surface area (Å²) < 4.78 is 0. The minimum atomic E-state index is 0. The van der Waals surface area contributed by atoms with Gasteiger partial charge in [0.2, 0.25) is 0 Å². The molecule has 82 valence electrons. The topological polar surface area (TPSA) is 0 Å². The van der Waals surface area contributed by atoms with Crippen LogP contribution >= 0.6 is 0 Å². The molecule has 0 radical (unpaired) electrons. The van der Waals surface area contributed by atoms with Crippen LogP contribution in [0.4, 0.5) is 0 Å². The standard InChI is InChI=1S/C4H9Ge.7HI.Sn/c1-2-3-4-5;;;;;;;;/h2-4H2,1H3;7*1H;/q+3;;;;;;;;+4/p-7. The molecular formula is C4H9GeI7Sn. The first-order valence-electron chi connectivity index (χ1n) is 2.06. The monoisotopic (exact) mass is 1140 g/mol. The van der Waals surface area contributed by atoms with Gasteiger partial charge < -0.3 is 168 Å². The van der Waals surface area contributed by atoms with Gasteiger partial charge in [0.1, 0.15) is 0 Å². The first-order valence-corrected chi connectivity index (χ1v) is 3.54. The van der Waals surface area contributed by atoms with Crippen LogP contribution in [0, 0.1) is 0 Å². The quantitative estimate of drug-likeness (QED) is 0.191. The van der Waals surface area contributed by atoms with Crippen LogP contribution in [0.15, 0.2) is 0 Å². The Morgan fingerprint density at radius 3 is 1.00 bits per heavy atom. The molecule has 0 aliphatic rings. The molecule has 13 heavy (non-hydrogen) atoms. The molecule has 0 saturated heterocycles. The second-order valence-electron chi connectivity index (χ2n) is 1.10. The molecule has 0 fully saturated rings. The van der Waals surface area contributed by atoms with E-state index in [1.165, 1.54) is 18.1 Å². The van der Waals surface area contributed by atoms with Gasteiger partial charge in [-0.15, -0.1) is 0 Å². The molecule has 0 atom stereocenters. The molecule has 0 amide bonds. The van der Waals surface area contributed by atoms with Crippen LogP contribution in [0.3, 0.4) is 0 Å². The first-order chi connectivity index (χ1) is 2.41. The van der Waals surface area contributed by atoms with Crippen molar-refractivity contribution in [2.75, 3.05) is 0 Å². The summed E-state index contributed by atoms with van der Waals surface area (Å²) in [7, 11) is 0. The van der Waals surface area contributed by atoms with Gasteiger partial charge in [0, 0.05) is 0 Å². The van der Waals surface area contributed by atoms with Crippen LogP contribution in [0.5, 0.6) is 0 Å². The van der Waals surface area contributed by atoms with Crippen molar-refractivity contribution in [1.82, 2.24) is 0 Å². The maximum atomic E-state index is 2.21.